The van der Waals surface area contributed by atoms with E-state index >= 15 is 0 Å². The van der Waals surface area contributed by atoms with E-state index in [0.29, 0.717) is 64.5 Å². The lowest BCUT2D eigenvalue weighted by Gasteiger charge is -2.37. The minimum Gasteiger partial charge on any atom is -0.393 e. The number of hydrogen-bond acceptors (Lipinski definition) is 7. The Kier molecular flexibility index (Phi) is 15.6. The van der Waals surface area contributed by atoms with Gasteiger partial charge in [-0.2, -0.15) is 0 Å². The minimum atomic E-state index is -3.57. The average molecular weight is 653 g/mol. The average Bonchev–Trinajstić information content (AvgIpc) is 3.01. The number of aliphatic hydroxyl groups is 2. The summed E-state index contributed by atoms with van der Waals surface area (Å²) >= 11 is 0. The molecule has 45 heavy (non-hydrogen) atoms. The molecule has 4 N–H and O–H groups in total. The van der Waals surface area contributed by atoms with E-state index in [-0.39, 0.29) is 42.2 Å². The first-order valence-corrected chi connectivity index (χ1v) is 19.1. The lowest BCUT2D eigenvalue weighted by molar-refractivity contribution is -0.139. The highest BCUT2D eigenvalue weighted by molar-refractivity contribution is 7.90. The summed E-state index contributed by atoms with van der Waals surface area (Å²) in [5, 5.41) is 25.6. The number of hydrogen-bond donors (Lipinski definition) is 4. The van der Waals surface area contributed by atoms with Gasteiger partial charge in [-0.05, 0) is 89.9 Å². The third-order valence-corrected chi connectivity index (χ3v) is 11.9. The molecule has 5 unspecified atom stereocenters. The highest BCUT2D eigenvalue weighted by Crippen LogP contribution is 2.35. The van der Waals surface area contributed by atoms with Crippen molar-refractivity contribution in [1.29, 1.82) is 0 Å². The number of nitrogens with one attached hydrogen (secondary N) is 2. The Balaban J connectivity index is 1.73. The van der Waals surface area contributed by atoms with Crippen LogP contribution in [-0.2, 0) is 19.6 Å². The molecule has 0 heterocycles. The van der Waals surface area contributed by atoms with Gasteiger partial charge in [-0.25, -0.2) is 13.4 Å². The molecule has 0 aromatic rings. The molecule has 2 amide bonds. The van der Waals surface area contributed by atoms with Gasteiger partial charge in [-0.3, -0.25) is 9.59 Å². The number of rotatable bonds is 15. The van der Waals surface area contributed by atoms with Gasteiger partial charge in [-0.1, -0.05) is 33.1 Å². The molecular formula is C34H60N4O6S. The fourth-order valence-corrected chi connectivity index (χ4v) is 9.26. The molecule has 0 radical (unpaired) electrons. The van der Waals surface area contributed by atoms with Crippen LogP contribution in [0.4, 0.5) is 0 Å². The van der Waals surface area contributed by atoms with Crippen LogP contribution in [0.5, 0.6) is 0 Å². The molecule has 0 spiro atoms. The predicted octanol–water partition coefficient (Wildman–Crippen LogP) is 3.58. The smallest absolute Gasteiger partial charge is 0.227 e. The summed E-state index contributed by atoms with van der Waals surface area (Å²) in [7, 11) is -1.95. The largest absolute Gasteiger partial charge is 0.393 e. The minimum absolute atomic E-state index is 0.0188. The standard InChI is InChI=1S/C34H60N4O6S/c1-5-11-26-20-27(23-28(21-26)34(42)38(18-6-2)19-7-3)33(41)35-31(22-25-14-16-29(39)17-15-25)32(40)24-37(4)36-45(43,44)30-12-9-8-10-13-30/h25-32,36,39-40H,6-10,12-24H2,1-4H3,(H,35,41). The van der Waals surface area contributed by atoms with Gasteiger partial charge in [0, 0.05) is 44.4 Å². The molecule has 0 aliphatic heterocycles. The molecule has 258 valence electrons. The zero-order valence-electron chi connectivity index (χ0n) is 28.2. The molecule has 5 atom stereocenters. The predicted molar refractivity (Wildman–Crippen MR) is 177 cm³/mol. The second kappa shape index (κ2) is 18.6. The lowest BCUT2D eigenvalue weighted by Crippen LogP contribution is -2.54. The summed E-state index contributed by atoms with van der Waals surface area (Å²) < 4.78 is 26.0. The first-order valence-electron chi connectivity index (χ1n) is 17.6. The number of amides is 2. The zero-order chi connectivity index (χ0) is 33.0. The highest BCUT2D eigenvalue weighted by atomic mass is 32.2. The van der Waals surface area contributed by atoms with E-state index in [2.05, 4.69) is 35.8 Å². The van der Waals surface area contributed by atoms with E-state index in [0.717, 1.165) is 44.9 Å². The van der Waals surface area contributed by atoms with Crippen LogP contribution in [0.3, 0.4) is 0 Å². The van der Waals surface area contributed by atoms with Crippen molar-refractivity contribution in [3.63, 3.8) is 0 Å². The first-order chi connectivity index (χ1) is 21.5. The van der Waals surface area contributed by atoms with Crippen molar-refractivity contribution in [3.8, 4) is 11.8 Å². The van der Waals surface area contributed by atoms with Crippen molar-refractivity contribution in [2.24, 2.45) is 23.7 Å². The van der Waals surface area contributed by atoms with Crippen molar-refractivity contribution in [1.82, 2.24) is 20.1 Å². The summed E-state index contributed by atoms with van der Waals surface area (Å²) in [6.07, 6.45) is 9.77. The van der Waals surface area contributed by atoms with E-state index in [4.69, 9.17) is 0 Å². The number of likely N-dealkylation sites (N-methyl/N-ethyl adjacent to an activating group) is 1. The van der Waals surface area contributed by atoms with Gasteiger partial charge in [0.1, 0.15) is 0 Å². The van der Waals surface area contributed by atoms with Gasteiger partial charge in [0.15, 0.2) is 0 Å². The van der Waals surface area contributed by atoms with Crippen LogP contribution in [0.25, 0.3) is 0 Å². The molecular weight excluding hydrogens is 592 g/mol. The molecule has 0 aromatic heterocycles. The number of carbonyl (C=O) groups is 2. The molecule has 10 nitrogen and oxygen atoms in total. The van der Waals surface area contributed by atoms with Gasteiger partial charge in [0.25, 0.3) is 0 Å². The van der Waals surface area contributed by atoms with Crippen LogP contribution in [0, 0.1) is 35.5 Å². The van der Waals surface area contributed by atoms with Crippen molar-refractivity contribution in [2.45, 2.75) is 141 Å². The summed E-state index contributed by atoms with van der Waals surface area (Å²) in [5.41, 5.74) is 0. The number of hydrazine groups is 1. The van der Waals surface area contributed by atoms with Crippen molar-refractivity contribution in [3.05, 3.63) is 0 Å². The van der Waals surface area contributed by atoms with Gasteiger partial charge in [0.2, 0.25) is 21.8 Å². The van der Waals surface area contributed by atoms with Crippen LogP contribution in [0.2, 0.25) is 0 Å². The molecule has 3 fully saturated rings. The Morgan fingerprint density at radius 2 is 1.56 bits per heavy atom. The Morgan fingerprint density at radius 3 is 2.16 bits per heavy atom. The number of sulfonamides is 1. The van der Waals surface area contributed by atoms with Crippen LogP contribution >= 0.6 is 0 Å². The fraction of sp³-hybridized carbons (Fsp3) is 0.882. The van der Waals surface area contributed by atoms with E-state index in [1.807, 2.05) is 4.90 Å². The molecule has 3 aliphatic carbocycles. The molecule has 0 saturated heterocycles. The Labute approximate surface area is 272 Å². The summed E-state index contributed by atoms with van der Waals surface area (Å²) in [5.74, 6) is 5.63. The second-order valence-electron chi connectivity index (χ2n) is 13.9. The topological polar surface area (TPSA) is 139 Å². The summed E-state index contributed by atoms with van der Waals surface area (Å²) in [6, 6.07) is -0.595. The molecule has 11 heteroatoms. The van der Waals surface area contributed by atoms with E-state index in [9.17, 15) is 28.2 Å². The molecule has 3 rings (SSSR count). The second-order valence-corrected chi connectivity index (χ2v) is 15.8. The monoisotopic (exact) mass is 652 g/mol. The molecule has 0 bridgehead atoms. The van der Waals surface area contributed by atoms with Crippen molar-refractivity contribution >= 4 is 21.8 Å². The Hall–Kier alpha value is -1.71. The maximum absolute atomic E-state index is 13.9. The zero-order valence-corrected chi connectivity index (χ0v) is 29.0. The van der Waals surface area contributed by atoms with Crippen molar-refractivity contribution < 1.29 is 28.2 Å². The van der Waals surface area contributed by atoms with Gasteiger partial charge in [0.05, 0.1) is 23.5 Å². The maximum atomic E-state index is 13.9. The lowest BCUT2D eigenvalue weighted by atomic mass is 9.74. The van der Waals surface area contributed by atoms with Crippen LogP contribution in [-0.4, -0.2) is 90.5 Å². The first kappa shape index (κ1) is 37.7. The summed E-state index contributed by atoms with van der Waals surface area (Å²) in [6.45, 7) is 7.34. The molecule has 3 aliphatic rings. The Morgan fingerprint density at radius 1 is 0.933 bits per heavy atom. The quantitative estimate of drug-likeness (QED) is 0.157. The van der Waals surface area contributed by atoms with E-state index in [1.165, 1.54) is 5.01 Å². The van der Waals surface area contributed by atoms with Gasteiger partial charge < -0.3 is 20.4 Å². The van der Waals surface area contributed by atoms with E-state index in [1.54, 1.807) is 14.0 Å². The molecule has 3 saturated carbocycles. The highest BCUT2D eigenvalue weighted by Gasteiger charge is 2.39. The normalized spacial score (nSPS) is 27.7. The fourth-order valence-electron chi connectivity index (χ4n) is 7.65. The third-order valence-electron chi connectivity index (χ3n) is 10.0. The van der Waals surface area contributed by atoms with Crippen LogP contribution in [0.1, 0.15) is 117 Å². The van der Waals surface area contributed by atoms with Gasteiger partial charge >= 0.3 is 0 Å². The van der Waals surface area contributed by atoms with Crippen LogP contribution < -0.4 is 10.1 Å². The number of carbonyl (C=O) groups excluding carboxylic acids is 2. The third kappa shape index (κ3) is 11.8. The number of aliphatic hydroxyl groups excluding tert-OH is 2. The number of nitrogens with zero attached hydrogens (tertiary/aromatic N) is 2. The van der Waals surface area contributed by atoms with Gasteiger partial charge in [-0.15, -0.1) is 16.7 Å². The Bertz CT molecular complexity index is 1090. The van der Waals surface area contributed by atoms with Crippen LogP contribution in [0.15, 0.2) is 0 Å². The maximum Gasteiger partial charge on any atom is 0.227 e. The summed E-state index contributed by atoms with van der Waals surface area (Å²) in [4.78, 5) is 32.1. The van der Waals surface area contributed by atoms with E-state index < -0.39 is 33.3 Å². The molecule has 0 aromatic carbocycles. The van der Waals surface area contributed by atoms with Crippen molar-refractivity contribution in [2.75, 3.05) is 26.7 Å². The SMILES string of the molecule is CC#CC1CC(C(=O)NC(CC2CCC(O)CC2)C(O)CN(C)NS(=O)(=O)C2CCCCC2)CC(C(=O)N(CCC)CCC)C1.